The molecule has 6 nitrogen and oxygen atoms in total. The summed E-state index contributed by atoms with van der Waals surface area (Å²) < 4.78 is 29.7. The highest BCUT2D eigenvalue weighted by Gasteiger charge is 2.50. The van der Waals surface area contributed by atoms with Crippen LogP contribution in [0.2, 0.25) is 5.02 Å². The van der Waals surface area contributed by atoms with Crippen LogP contribution in [0.5, 0.6) is 5.75 Å². The van der Waals surface area contributed by atoms with Crippen molar-refractivity contribution in [1.29, 1.82) is 0 Å². The van der Waals surface area contributed by atoms with Crippen LogP contribution in [0.25, 0.3) is 0 Å². The molecule has 0 aliphatic carbocycles. The van der Waals surface area contributed by atoms with Gasteiger partial charge in [-0.25, -0.2) is 8.42 Å². The molecule has 2 heterocycles. The molecule has 1 aromatic carbocycles. The predicted octanol–water partition coefficient (Wildman–Crippen LogP) is 3.00. The summed E-state index contributed by atoms with van der Waals surface area (Å²) in [4.78, 5) is 18.6. The molecule has 0 saturated carbocycles. The lowest BCUT2D eigenvalue weighted by molar-refractivity contribution is -0.124. The summed E-state index contributed by atoms with van der Waals surface area (Å²) in [5.41, 5.74) is -0.000846. The number of nitrogens with zero attached hydrogens (tertiary/aromatic N) is 2. The highest BCUT2D eigenvalue weighted by molar-refractivity contribution is 8.16. The van der Waals surface area contributed by atoms with E-state index in [1.54, 1.807) is 43.9 Å². The van der Waals surface area contributed by atoms with Gasteiger partial charge in [-0.15, -0.1) is 0 Å². The normalized spacial score (nSPS) is 26.2. The fourth-order valence-electron chi connectivity index (χ4n) is 2.95. The summed E-state index contributed by atoms with van der Waals surface area (Å²) >= 11 is 7.50. The molecule has 2 atom stereocenters. The molecular weight excluding hydrogens is 396 g/mol. The Morgan fingerprint density at radius 1 is 1.35 bits per heavy atom. The van der Waals surface area contributed by atoms with Gasteiger partial charge in [-0.1, -0.05) is 44.1 Å². The number of amides is 1. The number of hydrogen-bond donors (Lipinski definition) is 0. The van der Waals surface area contributed by atoms with Crippen LogP contribution in [0.4, 0.5) is 5.69 Å². The third-order valence-corrected chi connectivity index (χ3v) is 7.75. The van der Waals surface area contributed by atoms with Crippen molar-refractivity contribution in [3.63, 3.8) is 0 Å². The average Bonchev–Trinajstić information content (AvgIpc) is 2.97. The minimum atomic E-state index is -3.13. The molecule has 142 valence electrons. The third kappa shape index (κ3) is 3.73. The summed E-state index contributed by atoms with van der Waals surface area (Å²) in [6.45, 7) is 5.40. The Kier molecular flexibility index (Phi) is 5.05. The number of ether oxygens (including phenoxy) is 1. The maximum Gasteiger partial charge on any atom is 0.253 e. The van der Waals surface area contributed by atoms with Crippen molar-refractivity contribution in [3.05, 3.63) is 23.2 Å². The van der Waals surface area contributed by atoms with Crippen LogP contribution < -0.4 is 9.64 Å². The van der Waals surface area contributed by atoms with Crippen molar-refractivity contribution in [2.45, 2.75) is 32.1 Å². The van der Waals surface area contributed by atoms with E-state index in [1.165, 1.54) is 18.9 Å². The summed E-state index contributed by atoms with van der Waals surface area (Å²) in [5.74, 6) is 0.387. The molecular formula is C17H21ClN2O4S2. The zero-order valence-electron chi connectivity index (χ0n) is 15.0. The lowest BCUT2D eigenvalue weighted by Crippen LogP contribution is -2.38. The van der Waals surface area contributed by atoms with Crippen LogP contribution in [0.3, 0.4) is 0 Å². The van der Waals surface area contributed by atoms with E-state index < -0.39 is 15.3 Å². The second-order valence-corrected chi connectivity index (χ2v) is 11.2. The fourth-order valence-corrected chi connectivity index (χ4v) is 7.02. The Morgan fingerprint density at radius 2 is 2.04 bits per heavy atom. The maximum absolute atomic E-state index is 12.5. The van der Waals surface area contributed by atoms with Crippen molar-refractivity contribution in [2.75, 3.05) is 23.5 Å². The first-order valence-corrected chi connectivity index (χ1v) is 11.2. The number of aliphatic imine (C=N–C) groups is 1. The second-order valence-electron chi connectivity index (χ2n) is 7.44. The van der Waals surface area contributed by atoms with Gasteiger partial charge in [0.1, 0.15) is 5.75 Å². The standard InChI is InChI=1S/C17H21ClN2O4S2/c1-17(2,3)15(21)19-16-20(11-7-10(18)5-6-13(11)24-4)12-8-26(22,23)9-14(12)25-16/h5-7,12,14H,8-9H2,1-4H3. The third-order valence-electron chi connectivity index (χ3n) is 4.31. The van der Waals surface area contributed by atoms with E-state index in [0.717, 1.165) is 0 Å². The topological polar surface area (TPSA) is 76.0 Å². The number of fused-ring (bicyclic) bond motifs is 1. The Bertz CT molecular complexity index is 877. The van der Waals surface area contributed by atoms with E-state index in [9.17, 15) is 13.2 Å². The Labute approximate surface area is 162 Å². The van der Waals surface area contributed by atoms with Crippen LogP contribution in [0, 0.1) is 5.41 Å². The van der Waals surface area contributed by atoms with Gasteiger partial charge in [-0.2, -0.15) is 4.99 Å². The van der Waals surface area contributed by atoms with Gasteiger partial charge in [0.05, 0.1) is 30.3 Å². The Hall–Kier alpha value is -1.25. The average molecular weight is 417 g/mol. The van der Waals surface area contributed by atoms with E-state index in [0.29, 0.717) is 21.6 Å². The van der Waals surface area contributed by atoms with Crippen LogP contribution in [-0.2, 0) is 14.6 Å². The van der Waals surface area contributed by atoms with Gasteiger partial charge >= 0.3 is 0 Å². The number of anilines is 1. The Morgan fingerprint density at radius 3 is 2.65 bits per heavy atom. The number of carbonyl (C=O) groups is 1. The highest BCUT2D eigenvalue weighted by Crippen LogP contribution is 2.44. The predicted molar refractivity (Wildman–Crippen MR) is 106 cm³/mol. The summed E-state index contributed by atoms with van der Waals surface area (Å²) in [6.07, 6.45) is 0. The molecule has 0 radical (unpaired) electrons. The molecule has 2 unspecified atom stereocenters. The summed E-state index contributed by atoms with van der Waals surface area (Å²) in [6, 6.07) is 4.84. The molecule has 1 aromatic rings. The molecule has 0 bridgehead atoms. The molecule has 2 fully saturated rings. The van der Waals surface area contributed by atoms with Gasteiger partial charge in [0.2, 0.25) is 0 Å². The number of carbonyl (C=O) groups excluding carboxylic acids is 1. The van der Waals surface area contributed by atoms with E-state index in [2.05, 4.69) is 4.99 Å². The number of sulfone groups is 1. The van der Waals surface area contributed by atoms with Crippen LogP contribution in [0.1, 0.15) is 20.8 Å². The number of amidine groups is 1. The number of hydrogen-bond acceptors (Lipinski definition) is 5. The zero-order valence-corrected chi connectivity index (χ0v) is 17.4. The van der Waals surface area contributed by atoms with Gasteiger partial charge in [-0.05, 0) is 18.2 Å². The Balaban J connectivity index is 2.11. The molecule has 1 amide bonds. The van der Waals surface area contributed by atoms with Crippen molar-refractivity contribution in [1.82, 2.24) is 0 Å². The maximum atomic E-state index is 12.5. The number of halogens is 1. The monoisotopic (exact) mass is 416 g/mol. The summed E-state index contributed by atoms with van der Waals surface area (Å²) in [5, 5.41) is 0.821. The number of methoxy groups -OCH3 is 1. The van der Waals surface area contributed by atoms with Crippen molar-refractivity contribution >= 4 is 50.0 Å². The molecule has 9 heteroatoms. The second kappa shape index (κ2) is 6.73. The largest absolute Gasteiger partial charge is 0.495 e. The van der Waals surface area contributed by atoms with Crippen molar-refractivity contribution in [2.24, 2.45) is 10.4 Å². The van der Waals surface area contributed by atoms with Crippen molar-refractivity contribution < 1.29 is 17.9 Å². The van der Waals surface area contributed by atoms with Crippen LogP contribution in [-0.4, -0.2) is 49.4 Å². The molecule has 2 aliphatic rings. The zero-order chi connectivity index (χ0) is 19.3. The SMILES string of the molecule is COc1ccc(Cl)cc1N1C(=NC(=O)C(C)(C)C)SC2CS(=O)(=O)CC21. The molecule has 26 heavy (non-hydrogen) atoms. The van der Waals surface area contributed by atoms with Gasteiger partial charge < -0.3 is 9.64 Å². The lowest BCUT2D eigenvalue weighted by atomic mass is 9.96. The highest BCUT2D eigenvalue weighted by atomic mass is 35.5. The van der Waals surface area contributed by atoms with Gasteiger partial charge in [-0.3, -0.25) is 4.79 Å². The molecule has 0 spiro atoms. The van der Waals surface area contributed by atoms with E-state index in [-0.39, 0.29) is 28.7 Å². The van der Waals surface area contributed by atoms with E-state index in [4.69, 9.17) is 16.3 Å². The van der Waals surface area contributed by atoms with E-state index in [1.807, 2.05) is 0 Å². The van der Waals surface area contributed by atoms with Crippen molar-refractivity contribution in [3.8, 4) is 5.75 Å². The lowest BCUT2D eigenvalue weighted by Gasteiger charge is -2.27. The minimum absolute atomic E-state index is 0.0169. The molecule has 0 aromatic heterocycles. The number of rotatable bonds is 2. The molecule has 0 N–H and O–H groups in total. The van der Waals surface area contributed by atoms with Gasteiger partial charge in [0, 0.05) is 15.7 Å². The quantitative estimate of drug-likeness (QED) is 0.737. The fraction of sp³-hybridized carbons (Fsp3) is 0.529. The molecule has 2 saturated heterocycles. The van der Waals surface area contributed by atoms with E-state index >= 15 is 0 Å². The van der Waals surface area contributed by atoms with Crippen LogP contribution in [0.15, 0.2) is 23.2 Å². The first-order chi connectivity index (χ1) is 12.0. The minimum Gasteiger partial charge on any atom is -0.495 e. The first kappa shape index (κ1) is 19.5. The molecule has 3 rings (SSSR count). The van der Waals surface area contributed by atoms with Gasteiger partial charge in [0.15, 0.2) is 15.0 Å². The number of thioether (sulfide) groups is 1. The smallest absolute Gasteiger partial charge is 0.253 e. The number of benzene rings is 1. The van der Waals surface area contributed by atoms with Gasteiger partial charge in [0.25, 0.3) is 5.91 Å². The van der Waals surface area contributed by atoms with Crippen LogP contribution >= 0.6 is 23.4 Å². The summed E-state index contributed by atoms with van der Waals surface area (Å²) in [7, 11) is -1.60. The first-order valence-electron chi connectivity index (χ1n) is 8.15. The molecule has 2 aliphatic heterocycles.